The predicted molar refractivity (Wildman–Crippen MR) is 62.0 cm³/mol. The standard InChI is InChI=1S/C12H15NO4/c1-12(2,3)13-11(17)10(16)7-4-5-8(14)9(15)6-7/h4-6,14-15H,1-3H3,(H,13,17). The Hall–Kier alpha value is -2.04. The molecular weight excluding hydrogens is 222 g/mol. The second-order valence-electron chi connectivity index (χ2n) is 4.74. The second-order valence-corrected chi connectivity index (χ2v) is 4.74. The van der Waals surface area contributed by atoms with Crippen molar-refractivity contribution in [1.82, 2.24) is 5.32 Å². The third-order valence-corrected chi connectivity index (χ3v) is 1.93. The molecule has 1 amide bonds. The summed E-state index contributed by atoms with van der Waals surface area (Å²) in [5.41, 5.74) is -0.479. The van der Waals surface area contributed by atoms with E-state index in [9.17, 15) is 14.7 Å². The molecule has 0 aliphatic carbocycles. The number of amides is 1. The topological polar surface area (TPSA) is 86.6 Å². The van der Waals surface area contributed by atoms with Gasteiger partial charge in [0.15, 0.2) is 11.5 Å². The van der Waals surface area contributed by atoms with Gasteiger partial charge in [-0.05, 0) is 39.0 Å². The Morgan fingerprint density at radius 1 is 1.12 bits per heavy atom. The van der Waals surface area contributed by atoms with Gasteiger partial charge < -0.3 is 15.5 Å². The van der Waals surface area contributed by atoms with Crippen LogP contribution in [0.25, 0.3) is 0 Å². The van der Waals surface area contributed by atoms with Gasteiger partial charge in [0, 0.05) is 11.1 Å². The molecule has 1 aromatic carbocycles. The molecule has 5 heteroatoms. The maximum Gasteiger partial charge on any atom is 0.292 e. The molecule has 0 aliphatic heterocycles. The summed E-state index contributed by atoms with van der Waals surface area (Å²) < 4.78 is 0. The molecule has 0 spiro atoms. The van der Waals surface area contributed by atoms with Gasteiger partial charge in [0.1, 0.15) is 0 Å². The largest absolute Gasteiger partial charge is 0.504 e. The van der Waals surface area contributed by atoms with Crippen LogP contribution < -0.4 is 5.32 Å². The molecule has 0 aliphatic rings. The lowest BCUT2D eigenvalue weighted by Gasteiger charge is -2.19. The smallest absolute Gasteiger partial charge is 0.292 e. The van der Waals surface area contributed by atoms with Crippen molar-refractivity contribution in [3.8, 4) is 11.5 Å². The fourth-order valence-electron chi connectivity index (χ4n) is 1.19. The van der Waals surface area contributed by atoms with Crippen LogP contribution in [0.4, 0.5) is 0 Å². The average molecular weight is 237 g/mol. The Balaban J connectivity index is 2.90. The lowest BCUT2D eigenvalue weighted by Crippen LogP contribution is -2.44. The maximum atomic E-state index is 11.7. The molecule has 0 saturated heterocycles. The third-order valence-electron chi connectivity index (χ3n) is 1.93. The number of phenolic OH excluding ortho intramolecular Hbond substituents is 2. The molecule has 1 aromatic rings. The van der Waals surface area contributed by atoms with Crippen LogP contribution in [0.5, 0.6) is 11.5 Å². The van der Waals surface area contributed by atoms with Crippen molar-refractivity contribution in [2.75, 3.05) is 0 Å². The lowest BCUT2D eigenvalue weighted by molar-refractivity contribution is -0.118. The van der Waals surface area contributed by atoms with E-state index in [2.05, 4.69) is 5.32 Å². The predicted octanol–water partition coefficient (Wildman–Crippen LogP) is 1.20. The van der Waals surface area contributed by atoms with Crippen molar-refractivity contribution in [2.24, 2.45) is 0 Å². The molecule has 1 rings (SSSR count). The second kappa shape index (κ2) is 4.45. The van der Waals surface area contributed by atoms with Crippen LogP contribution in [0.15, 0.2) is 18.2 Å². The molecule has 0 saturated carbocycles. The van der Waals surface area contributed by atoms with Crippen LogP contribution in [0, 0.1) is 0 Å². The molecule has 0 atom stereocenters. The van der Waals surface area contributed by atoms with Crippen LogP contribution in [0.2, 0.25) is 0 Å². The molecule has 3 N–H and O–H groups in total. The summed E-state index contributed by atoms with van der Waals surface area (Å²) in [4.78, 5) is 23.2. The number of phenols is 2. The first-order chi connectivity index (χ1) is 7.70. The summed E-state index contributed by atoms with van der Waals surface area (Å²) in [6.45, 7) is 5.27. The Morgan fingerprint density at radius 2 is 1.71 bits per heavy atom. The number of benzene rings is 1. The maximum absolute atomic E-state index is 11.7. The SMILES string of the molecule is CC(C)(C)NC(=O)C(=O)c1ccc(O)c(O)c1. The van der Waals surface area contributed by atoms with E-state index in [0.717, 1.165) is 12.1 Å². The van der Waals surface area contributed by atoms with Crippen molar-refractivity contribution >= 4 is 11.7 Å². The minimum atomic E-state index is -0.754. The highest BCUT2D eigenvalue weighted by Crippen LogP contribution is 2.25. The van der Waals surface area contributed by atoms with E-state index >= 15 is 0 Å². The minimum absolute atomic E-state index is 0.0297. The highest BCUT2D eigenvalue weighted by molar-refractivity contribution is 6.43. The third kappa shape index (κ3) is 3.48. The van der Waals surface area contributed by atoms with E-state index in [1.54, 1.807) is 20.8 Å². The van der Waals surface area contributed by atoms with Gasteiger partial charge in [-0.1, -0.05) is 0 Å². The molecule has 0 radical (unpaired) electrons. The molecule has 5 nitrogen and oxygen atoms in total. The zero-order valence-electron chi connectivity index (χ0n) is 9.94. The van der Waals surface area contributed by atoms with Crippen molar-refractivity contribution in [3.05, 3.63) is 23.8 Å². The van der Waals surface area contributed by atoms with Gasteiger partial charge in [-0.15, -0.1) is 0 Å². The van der Waals surface area contributed by atoms with Gasteiger partial charge in [0.05, 0.1) is 0 Å². The van der Waals surface area contributed by atoms with Crippen LogP contribution in [0.1, 0.15) is 31.1 Å². The molecule has 17 heavy (non-hydrogen) atoms. The van der Waals surface area contributed by atoms with E-state index in [0.29, 0.717) is 0 Å². The fraction of sp³-hybridized carbons (Fsp3) is 0.333. The first-order valence-corrected chi connectivity index (χ1v) is 5.09. The molecule has 0 aromatic heterocycles. The highest BCUT2D eigenvalue weighted by atomic mass is 16.3. The molecule has 0 heterocycles. The summed E-state index contributed by atoms with van der Waals surface area (Å²) >= 11 is 0. The van der Waals surface area contributed by atoms with Gasteiger partial charge >= 0.3 is 0 Å². The Kier molecular flexibility index (Phi) is 3.41. The van der Waals surface area contributed by atoms with E-state index < -0.39 is 23.0 Å². The Labute approximate surface area is 99.1 Å². The Bertz CT molecular complexity index is 460. The quantitative estimate of drug-likeness (QED) is 0.409. The van der Waals surface area contributed by atoms with Crippen molar-refractivity contribution in [2.45, 2.75) is 26.3 Å². The average Bonchev–Trinajstić information content (AvgIpc) is 2.18. The first-order valence-electron chi connectivity index (χ1n) is 5.09. The number of carbonyl (C=O) groups is 2. The summed E-state index contributed by atoms with van der Waals surface area (Å²) in [6, 6.07) is 3.49. The van der Waals surface area contributed by atoms with Crippen LogP contribution in [0.3, 0.4) is 0 Å². The summed E-state index contributed by atoms with van der Waals surface area (Å²) in [5.74, 6) is -2.27. The molecule has 0 bridgehead atoms. The lowest BCUT2D eigenvalue weighted by atomic mass is 10.1. The number of nitrogens with one attached hydrogen (secondary N) is 1. The molecule has 0 unspecified atom stereocenters. The van der Waals surface area contributed by atoms with Crippen LogP contribution >= 0.6 is 0 Å². The van der Waals surface area contributed by atoms with E-state index in [-0.39, 0.29) is 11.3 Å². The number of rotatable bonds is 2. The number of hydrogen-bond donors (Lipinski definition) is 3. The van der Waals surface area contributed by atoms with Gasteiger partial charge in [0.25, 0.3) is 5.91 Å². The van der Waals surface area contributed by atoms with Crippen molar-refractivity contribution < 1.29 is 19.8 Å². The van der Waals surface area contributed by atoms with Crippen LogP contribution in [-0.2, 0) is 4.79 Å². The number of carbonyl (C=O) groups excluding carboxylic acids is 2. The van der Waals surface area contributed by atoms with Gasteiger partial charge in [0.2, 0.25) is 5.78 Å². The Morgan fingerprint density at radius 3 is 2.18 bits per heavy atom. The van der Waals surface area contributed by atoms with E-state index in [1.165, 1.54) is 6.07 Å². The fourth-order valence-corrected chi connectivity index (χ4v) is 1.19. The highest BCUT2D eigenvalue weighted by Gasteiger charge is 2.22. The summed E-state index contributed by atoms with van der Waals surface area (Å²) in [6.07, 6.45) is 0. The van der Waals surface area contributed by atoms with Gasteiger partial charge in [-0.2, -0.15) is 0 Å². The van der Waals surface area contributed by atoms with Crippen LogP contribution in [-0.4, -0.2) is 27.4 Å². The van der Waals surface area contributed by atoms with Crippen molar-refractivity contribution in [3.63, 3.8) is 0 Å². The normalized spacial score (nSPS) is 11.0. The van der Waals surface area contributed by atoms with E-state index in [4.69, 9.17) is 5.11 Å². The zero-order valence-corrected chi connectivity index (χ0v) is 9.94. The monoisotopic (exact) mass is 237 g/mol. The summed E-state index contributed by atoms with van der Waals surface area (Å²) in [7, 11) is 0. The molecule has 0 fully saturated rings. The zero-order chi connectivity index (χ0) is 13.2. The van der Waals surface area contributed by atoms with E-state index in [1.807, 2.05) is 0 Å². The van der Waals surface area contributed by atoms with Gasteiger partial charge in [-0.25, -0.2) is 0 Å². The van der Waals surface area contributed by atoms with Gasteiger partial charge in [-0.3, -0.25) is 9.59 Å². The number of Topliss-reactive ketones (excluding diaryl/α,β-unsaturated/α-hetero) is 1. The minimum Gasteiger partial charge on any atom is -0.504 e. The molecular formula is C12H15NO4. The summed E-state index contributed by atoms with van der Waals surface area (Å²) in [5, 5.41) is 20.8. The first kappa shape index (κ1) is 13.0. The molecule has 92 valence electrons. The number of aromatic hydroxyl groups is 2. The number of ketones is 1. The number of hydrogen-bond acceptors (Lipinski definition) is 4. The van der Waals surface area contributed by atoms with Crippen molar-refractivity contribution in [1.29, 1.82) is 0 Å².